The predicted molar refractivity (Wildman–Crippen MR) is 88.9 cm³/mol. The maximum Gasteiger partial charge on any atom is 0.236 e. The smallest absolute Gasteiger partial charge is 0.236 e. The molecule has 0 aromatic heterocycles. The molecule has 2 aliphatic heterocycles. The number of nitrogens with one attached hydrogen (secondary N) is 1. The van der Waals surface area contributed by atoms with Gasteiger partial charge in [-0.3, -0.25) is 9.59 Å². The Balaban J connectivity index is 1.53. The van der Waals surface area contributed by atoms with E-state index in [-0.39, 0.29) is 17.9 Å². The summed E-state index contributed by atoms with van der Waals surface area (Å²) in [6.07, 6.45) is 3.33. The average Bonchev–Trinajstić information content (AvgIpc) is 2.61. The van der Waals surface area contributed by atoms with Crippen molar-refractivity contribution in [3.8, 4) is 0 Å². The number of carbonyl (C=O) groups excluding carboxylic acids is 2. The van der Waals surface area contributed by atoms with Crippen LogP contribution >= 0.6 is 0 Å². The van der Waals surface area contributed by atoms with Crippen LogP contribution in [0.25, 0.3) is 0 Å². The van der Waals surface area contributed by atoms with Crippen LogP contribution in [0.1, 0.15) is 24.8 Å². The topological polar surface area (TPSA) is 52.7 Å². The summed E-state index contributed by atoms with van der Waals surface area (Å²) in [7, 11) is 0. The van der Waals surface area contributed by atoms with E-state index in [9.17, 15) is 9.59 Å². The van der Waals surface area contributed by atoms with Crippen LogP contribution in [-0.4, -0.2) is 60.4 Å². The van der Waals surface area contributed by atoms with Gasteiger partial charge in [0, 0.05) is 38.6 Å². The Morgan fingerprint density at radius 1 is 1.22 bits per heavy atom. The number of rotatable bonds is 4. The lowest BCUT2D eigenvalue weighted by Gasteiger charge is -2.41. The van der Waals surface area contributed by atoms with Crippen molar-refractivity contribution in [2.45, 2.75) is 31.7 Å². The molecule has 2 amide bonds. The molecule has 0 saturated carbocycles. The van der Waals surface area contributed by atoms with E-state index in [1.54, 1.807) is 0 Å². The van der Waals surface area contributed by atoms with E-state index in [0.29, 0.717) is 19.5 Å². The Labute approximate surface area is 137 Å². The van der Waals surface area contributed by atoms with Crippen molar-refractivity contribution in [2.24, 2.45) is 0 Å². The molecule has 0 bridgehead atoms. The van der Waals surface area contributed by atoms with Crippen LogP contribution in [0, 0.1) is 0 Å². The summed E-state index contributed by atoms with van der Waals surface area (Å²) in [6.45, 7) is 3.56. The third-order valence-corrected chi connectivity index (χ3v) is 4.79. The van der Waals surface area contributed by atoms with Gasteiger partial charge in [-0.2, -0.15) is 0 Å². The molecule has 2 fully saturated rings. The highest BCUT2D eigenvalue weighted by Crippen LogP contribution is 2.18. The molecule has 0 aliphatic carbocycles. The third kappa shape index (κ3) is 4.10. The standard InChI is InChI=1S/C18H25N3O2/c22-17(9-8-15-5-2-1-3-6-15)20-11-4-7-16(14-20)21-12-10-19-13-18(21)23/h1-3,5-6,16,19H,4,7-14H2. The highest BCUT2D eigenvalue weighted by atomic mass is 16.2. The molecule has 3 rings (SSSR count). The lowest BCUT2D eigenvalue weighted by molar-refractivity contribution is -0.140. The monoisotopic (exact) mass is 315 g/mol. The van der Waals surface area contributed by atoms with Gasteiger partial charge in [-0.15, -0.1) is 0 Å². The van der Waals surface area contributed by atoms with E-state index in [1.807, 2.05) is 28.0 Å². The quantitative estimate of drug-likeness (QED) is 0.903. The molecule has 23 heavy (non-hydrogen) atoms. The Bertz CT molecular complexity index is 546. The summed E-state index contributed by atoms with van der Waals surface area (Å²) in [5.41, 5.74) is 1.20. The van der Waals surface area contributed by atoms with Crippen LogP contribution in [0.5, 0.6) is 0 Å². The van der Waals surface area contributed by atoms with Crippen molar-refractivity contribution >= 4 is 11.8 Å². The first kappa shape index (κ1) is 16.0. The van der Waals surface area contributed by atoms with Gasteiger partial charge in [-0.25, -0.2) is 0 Å². The molecule has 1 unspecified atom stereocenters. The minimum Gasteiger partial charge on any atom is -0.341 e. The first-order chi connectivity index (χ1) is 11.2. The zero-order valence-corrected chi connectivity index (χ0v) is 13.5. The van der Waals surface area contributed by atoms with Gasteiger partial charge < -0.3 is 15.1 Å². The molecular weight excluding hydrogens is 290 g/mol. The van der Waals surface area contributed by atoms with E-state index >= 15 is 0 Å². The number of amides is 2. The first-order valence-corrected chi connectivity index (χ1v) is 8.56. The molecule has 5 nitrogen and oxygen atoms in total. The van der Waals surface area contributed by atoms with Gasteiger partial charge in [0.1, 0.15) is 0 Å². The number of hydrogen-bond donors (Lipinski definition) is 1. The normalized spacial score (nSPS) is 22.3. The predicted octanol–water partition coefficient (Wildman–Crippen LogP) is 1.04. The Kier molecular flexibility index (Phi) is 5.28. The lowest BCUT2D eigenvalue weighted by atomic mass is 10.0. The van der Waals surface area contributed by atoms with Gasteiger partial charge in [0.05, 0.1) is 6.54 Å². The first-order valence-electron chi connectivity index (χ1n) is 8.56. The second-order valence-electron chi connectivity index (χ2n) is 6.39. The fourth-order valence-electron chi connectivity index (χ4n) is 3.50. The largest absolute Gasteiger partial charge is 0.341 e. The van der Waals surface area contributed by atoms with Gasteiger partial charge in [0.2, 0.25) is 11.8 Å². The number of likely N-dealkylation sites (tertiary alicyclic amines) is 1. The second-order valence-corrected chi connectivity index (χ2v) is 6.39. The molecule has 1 aromatic carbocycles. The number of benzene rings is 1. The lowest BCUT2D eigenvalue weighted by Crippen LogP contribution is -2.57. The summed E-state index contributed by atoms with van der Waals surface area (Å²) in [6, 6.07) is 10.3. The van der Waals surface area contributed by atoms with E-state index in [2.05, 4.69) is 17.4 Å². The Morgan fingerprint density at radius 3 is 2.83 bits per heavy atom. The second kappa shape index (κ2) is 7.59. The average molecular weight is 315 g/mol. The SMILES string of the molecule is O=C(CCc1ccccc1)N1CCCC(N2CCNCC2=O)C1. The van der Waals surface area contributed by atoms with Crippen molar-refractivity contribution < 1.29 is 9.59 Å². The third-order valence-electron chi connectivity index (χ3n) is 4.79. The van der Waals surface area contributed by atoms with Crippen LogP contribution in [-0.2, 0) is 16.0 Å². The fraction of sp³-hybridized carbons (Fsp3) is 0.556. The molecule has 1 N–H and O–H groups in total. The molecule has 1 aromatic rings. The summed E-state index contributed by atoms with van der Waals surface area (Å²) in [4.78, 5) is 28.4. The molecule has 0 spiro atoms. The molecule has 2 heterocycles. The van der Waals surface area contributed by atoms with Gasteiger partial charge in [-0.05, 0) is 24.8 Å². The van der Waals surface area contributed by atoms with Crippen molar-refractivity contribution in [1.29, 1.82) is 0 Å². The van der Waals surface area contributed by atoms with E-state index < -0.39 is 0 Å². The van der Waals surface area contributed by atoms with Crippen LogP contribution in [0.3, 0.4) is 0 Å². The van der Waals surface area contributed by atoms with Crippen molar-refractivity contribution in [3.63, 3.8) is 0 Å². The zero-order valence-electron chi connectivity index (χ0n) is 13.5. The van der Waals surface area contributed by atoms with Crippen molar-refractivity contribution in [1.82, 2.24) is 15.1 Å². The molecule has 1 atom stereocenters. The van der Waals surface area contributed by atoms with Gasteiger partial charge in [0.25, 0.3) is 0 Å². The van der Waals surface area contributed by atoms with Crippen molar-refractivity contribution in [2.75, 3.05) is 32.7 Å². The molecule has 5 heteroatoms. The number of piperidine rings is 1. The van der Waals surface area contributed by atoms with Crippen molar-refractivity contribution in [3.05, 3.63) is 35.9 Å². The Morgan fingerprint density at radius 2 is 2.04 bits per heavy atom. The highest BCUT2D eigenvalue weighted by molar-refractivity contribution is 5.80. The number of carbonyl (C=O) groups is 2. The van der Waals surface area contributed by atoms with E-state index in [0.717, 1.165) is 38.9 Å². The minimum atomic E-state index is 0.167. The maximum atomic E-state index is 12.5. The summed E-state index contributed by atoms with van der Waals surface area (Å²) in [5, 5.41) is 3.10. The number of aryl methyl sites for hydroxylation is 1. The molecule has 2 aliphatic rings. The molecule has 124 valence electrons. The molecular formula is C18H25N3O2. The zero-order chi connectivity index (χ0) is 16.1. The summed E-state index contributed by atoms with van der Waals surface area (Å²) < 4.78 is 0. The fourth-order valence-corrected chi connectivity index (χ4v) is 3.50. The van der Waals surface area contributed by atoms with E-state index in [4.69, 9.17) is 0 Å². The van der Waals surface area contributed by atoms with Crippen LogP contribution < -0.4 is 5.32 Å². The number of nitrogens with zero attached hydrogens (tertiary/aromatic N) is 2. The highest BCUT2D eigenvalue weighted by Gasteiger charge is 2.31. The summed E-state index contributed by atoms with van der Waals surface area (Å²) in [5.74, 6) is 0.376. The Hall–Kier alpha value is -1.88. The van der Waals surface area contributed by atoms with Crippen LogP contribution in [0.15, 0.2) is 30.3 Å². The number of piperazine rings is 1. The van der Waals surface area contributed by atoms with Gasteiger partial charge >= 0.3 is 0 Å². The van der Waals surface area contributed by atoms with Crippen LogP contribution in [0.2, 0.25) is 0 Å². The van der Waals surface area contributed by atoms with Gasteiger partial charge in [0.15, 0.2) is 0 Å². The maximum absolute atomic E-state index is 12.5. The van der Waals surface area contributed by atoms with Crippen LogP contribution in [0.4, 0.5) is 0 Å². The number of hydrogen-bond acceptors (Lipinski definition) is 3. The summed E-state index contributed by atoms with van der Waals surface area (Å²) >= 11 is 0. The molecule has 0 radical (unpaired) electrons. The van der Waals surface area contributed by atoms with E-state index in [1.165, 1.54) is 5.56 Å². The minimum absolute atomic E-state index is 0.167. The molecule has 2 saturated heterocycles. The van der Waals surface area contributed by atoms with Gasteiger partial charge in [-0.1, -0.05) is 30.3 Å².